The molecule has 3 fully saturated rings. The number of hydrogen-bond acceptors (Lipinski definition) is 10. The van der Waals surface area contributed by atoms with Crippen LogP contribution in [0, 0.1) is 5.92 Å². The van der Waals surface area contributed by atoms with Gasteiger partial charge < -0.3 is 44.4 Å². The number of benzene rings is 4. The summed E-state index contributed by atoms with van der Waals surface area (Å²) in [5.74, 6) is -0.834. The van der Waals surface area contributed by atoms with Crippen LogP contribution >= 0.6 is 0 Å². The molecule has 4 aromatic carbocycles. The second-order valence-electron chi connectivity index (χ2n) is 17.9. The Balaban J connectivity index is 0.886. The Morgan fingerprint density at radius 2 is 1.60 bits per heavy atom. The van der Waals surface area contributed by atoms with Crippen molar-refractivity contribution in [3.63, 3.8) is 0 Å². The van der Waals surface area contributed by atoms with E-state index in [1.165, 1.54) is 25.3 Å². The van der Waals surface area contributed by atoms with Crippen molar-refractivity contribution in [1.29, 1.82) is 0 Å². The summed E-state index contributed by atoms with van der Waals surface area (Å²) >= 11 is 0. The average molecular weight is 880 g/mol. The van der Waals surface area contributed by atoms with Crippen LogP contribution in [0.2, 0.25) is 0 Å². The number of carbonyl (C=O) groups is 4. The van der Waals surface area contributed by atoms with Crippen molar-refractivity contribution in [1.82, 2.24) is 30.4 Å². The second kappa shape index (κ2) is 17.1. The SMILES string of the molecule is COC(=O)N[C@H](C(=O)N1CCCC1C1=Nc2ccc3cc(-c4ccc5c(c4)CCc4[nH]c(C6CC7(CN6C(=O)[C@H](NC(=O)OC)c6ccccc6)OCCO7)nc4-5)ccc3c2C1)C(C)C. The smallest absolute Gasteiger partial charge is 0.407 e. The van der Waals surface area contributed by atoms with Gasteiger partial charge in [-0.15, -0.1) is 0 Å². The van der Waals surface area contributed by atoms with Gasteiger partial charge in [-0.05, 0) is 82.3 Å². The Kier molecular flexibility index (Phi) is 11.1. The number of aryl methyl sites for hydroxylation is 2. The van der Waals surface area contributed by atoms with Crippen LogP contribution in [0.5, 0.6) is 0 Å². The lowest BCUT2D eigenvalue weighted by atomic mass is 9.89. The summed E-state index contributed by atoms with van der Waals surface area (Å²) in [6.45, 7) is 5.51. The number of methoxy groups -OCH3 is 2. The van der Waals surface area contributed by atoms with Gasteiger partial charge in [0.2, 0.25) is 5.91 Å². The van der Waals surface area contributed by atoms with E-state index >= 15 is 0 Å². The maximum atomic E-state index is 14.5. The lowest BCUT2D eigenvalue weighted by molar-refractivity contribution is -0.153. The van der Waals surface area contributed by atoms with E-state index in [9.17, 15) is 19.2 Å². The Hall–Kier alpha value is -6.58. The maximum absolute atomic E-state index is 14.5. The highest BCUT2D eigenvalue weighted by Gasteiger charge is 2.53. The number of nitrogens with zero attached hydrogens (tertiary/aromatic N) is 4. The molecule has 4 aliphatic heterocycles. The molecule has 15 heteroatoms. The summed E-state index contributed by atoms with van der Waals surface area (Å²) in [7, 11) is 2.58. The third-order valence-electron chi connectivity index (χ3n) is 13.7. The molecule has 65 heavy (non-hydrogen) atoms. The Morgan fingerprint density at radius 3 is 2.37 bits per heavy atom. The summed E-state index contributed by atoms with van der Waals surface area (Å²) in [5, 5.41) is 7.75. The fourth-order valence-electron chi connectivity index (χ4n) is 10.4. The number of amides is 4. The number of hydrogen-bond donors (Lipinski definition) is 3. The standard InChI is InChI=1S/C50H53N7O8/c1-28(2)42(54-48(60)62-3)46(58)56-20-8-11-40(56)39-25-36-34-16-12-30(23-32(34)14-18-37(36)51-39)31-13-17-35-33(24-31)15-19-38-44(35)53-45(52-38)41-26-50(64-21-22-65-50)27-57(41)47(59)43(55-49(61)63-4)29-9-6-5-7-10-29/h5-7,9-10,12-14,16-18,23-24,28,40-43H,8,11,15,19-22,25-27H2,1-4H3,(H,52,53)(H,54,60)(H,55,61)/t40?,41?,42-,43+/m0/s1. The normalized spacial score (nSPS) is 20.3. The third-order valence-corrected chi connectivity index (χ3v) is 13.7. The van der Waals surface area contributed by atoms with Crippen LogP contribution in [0.25, 0.3) is 33.2 Å². The molecule has 5 aromatic rings. The number of H-pyrrole nitrogens is 1. The van der Waals surface area contributed by atoms with Crippen LogP contribution in [0.4, 0.5) is 15.3 Å². The summed E-state index contributed by atoms with van der Waals surface area (Å²) in [4.78, 5) is 70.4. The summed E-state index contributed by atoms with van der Waals surface area (Å²) in [5.41, 5.74) is 10.1. The van der Waals surface area contributed by atoms with E-state index in [2.05, 4.69) is 64.1 Å². The number of ether oxygens (including phenoxy) is 4. The highest BCUT2D eigenvalue weighted by atomic mass is 16.7. The molecule has 0 bridgehead atoms. The fraction of sp³-hybridized carbons (Fsp3) is 0.400. The van der Waals surface area contributed by atoms with E-state index in [0.29, 0.717) is 44.0 Å². The zero-order chi connectivity index (χ0) is 45.0. The first-order valence-electron chi connectivity index (χ1n) is 22.5. The van der Waals surface area contributed by atoms with Gasteiger partial charge in [-0.25, -0.2) is 14.6 Å². The zero-order valence-corrected chi connectivity index (χ0v) is 37.0. The maximum Gasteiger partial charge on any atom is 0.407 e. The molecule has 0 radical (unpaired) electrons. The Labute approximate surface area is 376 Å². The van der Waals surface area contributed by atoms with E-state index in [0.717, 1.165) is 75.9 Å². The predicted molar refractivity (Wildman–Crippen MR) is 243 cm³/mol. The number of aliphatic imine (C=N–C) groups is 1. The molecule has 0 saturated carbocycles. The number of aromatic amines is 1. The number of carbonyl (C=O) groups excluding carboxylic acids is 4. The molecule has 2 unspecified atom stereocenters. The number of likely N-dealkylation sites (tertiary alicyclic amines) is 2. The van der Waals surface area contributed by atoms with E-state index in [1.807, 2.05) is 49.1 Å². The minimum absolute atomic E-state index is 0.101. The number of alkyl carbamates (subject to hydrolysis) is 2. The number of rotatable bonds is 9. The first-order valence-corrected chi connectivity index (χ1v) is 22.5. The van der Waals surface area contributed by atoms with Gasteiger partial charge in [0.1, 0.15) is 17.9 Å². The van der Waals surface area contributed by atoms with Gasteiger partial charge in [0.05, 0.1) is 57.4 Å². The molecule has 10 rings (SSSR count). The van der Waals surface area contributed by atoms with Crippen molar-refractivity contribution in [2.75, 3.05) is 40.5 Å². The third kappa shape index (κ3) is 7.79. The van der Waals surface area contributed by atoms with Crippen LogP contribution in [0.1, 0.15) is 73.4 Å². The summed E-state index contributed by atoms with van der Waals surface area (Å²) in [6, 6.07) is 24.2. The van der Waals surface area contributed by atoms with E-state index in [1.54, 1.807) is 4.90 Å². The summed E-state index contributed by atoms with van der Waals surface area (Å²) in [6.07, 6.45) is 3.02. The van der Waals surface area contributed by atoms with Crippen LogP contribution in [0.15, 0.2) is 83.9 Å². The van der Waals surface area contributed by atoms with Gasteiger partial charge in [-0.2, -0.15) is 0 Å². The van der Waals surface area contributed by atoms with Gasteiger partial charge >= 0.3 is 12.2 Å². The lowest BCUT2D eigenvalue weighted by Gasteiger charge is -2.30. The van der Waals surface area contributed by atoms with Crippen LogP contribution in [-0.4, -0.2) is 108 Å². The van der Waals surface area contributed by atoms with Gasteiger partial charge in [0, 0.05) is 36.4 Å². The van der Waals surface area contributed by atoms with Crippen molar-refractivity contribution in [3.05, 3.63) is 107 Å². The fourth-order valence-corrected chi connectivity index (χ4v) is 10.4. The van der Waals surface area contributed by atoms with E-state index < -0.39 is 36.1 Å². The monoisotopic (exact) mass is 879 g/mol. The van der Waals surface area contributed by atoms with Crippen molar-refractivity contribution >= 4 is 46.2 Å². The molecule has 1 aromatic heterocycles. The predicted octanol–water partition coefficient (Wildman–Crippen LogP) is 7.11. The lowest BCUT2D eigenvalue weighted by Crippen LogP contribution is -2.53. The Bertz CT molecular complexity index is 2730. The topological polar surface area (TPSA) is 177 Å². The van der Waals surface area contributed by atoms with Crippen molar-refractivity contribution < 1.29 is 38.1 Å². The van der Waals surface area contributed by atoms with E-state index in [-0.39, 0.29) is 30.3 Å². The molecule has 4 atom stereocenters. The van der Waals surface area contributed by atoms with Gasteiger partial charge in [0.25, 0.3) is 5.91 Å². The first kappa shape index (κ1) is 42.4. The van der Waals surface area contributed by atoms with Crippen LogP contribution < -0.4 is 10.6 Å². The van der Waals surface area contributed by atoms with Gasteiger partial charge in [-0.3, -0.25) is 14.6 Å². The molecule has 3 N–H and O–H groups in total. The molecule has 5 heterocycles. The molecule has 4 amide bonds. The average Bonchev–Trinajstić information content (AvgIpc) is 4.19. The zero-order valence-electron chi connectivity index (χ0n) is 37.0. The quantitative estimate of drug-likeness (QED) is 0.139. The van der Waals surface area contributed by atoms with Crippen LogP contribution in [-0.2, 0) is 47.8 Å². The highest BCUT2D eigenvalue weighted by molar-refractivity contribution is 6.06. The highest BCUT2D eigenvalue weighted by Crippen LogP contribution is 2.45. The molecule has 3 saturated heterocycles. The van der Waals surface area contributed by atoms with Crippen molar-refractivity contribution in [3.8, 4) is 22.4 Å². The van der Waals surface area contributed by atoms with Crippen LogP contribution in [0.3, 0.4) is 0 Å². The molecule has 1 aliphatic carbocycles. The van der Waals surface area contributed by atoms with E-state index in [4.69, 9.17) is 28.9 Å². The molecule has 336 valence electrons. The van der Waals surface area contributed by atoms with Gasteiger partial charge in [0.15, 0.2) is 5.79 Å². The van der Waals surface area contributed by atoms with Crippen molar-refractivity contribution in [2.45, 2.75) is 82.3 Å². The van der Waals surface area contributed by atoms with Crippen molar-refractivity contribution in [2.24, 2.45) is 10.9 Å². The molecule has 15 nitrogen and oxygen atoms in total. The Morgan fingerprint density at radius 1 is 0.846 bits per heavy atom. The second-order valence-corrected chi connectivity index (χ2v) is 17.9. The number of fused-ring (bicyclic) bond motifs is 6. The minimum Gasteiger partial charge on any atom is -0.453 e. The minimum atomic E-state index is -0.990. The number of nitrogens with one attached hydrogen (secondary N) is 3. The molecule has 1 spiro atoms. The first-order chi connectivity index (χ1) is 31.5. The molecule has 5 aliphatic rings. The number of aromatic nitrogens is 2. The van der Waals surface area contributed by atoms with Gasteiger partial charge in [-0.1, -0.05) is 80.6 Å². The number of imidazole rings is 1. The molecular formula is C50H53N7O8. The largest absolute Gasteiger partial charge is 0.453 e. The molecular weight excluding hydrogens is 827 g/mol. The summed E-state index contributed by atoms with van der Waals surface area (Å²) < 4.78 is 22.0.